The van der Waals surface area contributed by atoms with E-state index in [4.69, 9.17) is 0 Å². The average molecular weight is 228 g/mol. The highest BCUT2D eigenvalue weighted by Gasteiger charge is 2.39. The Morgan fingerprint density at radius 1 is 1.19 bits per heavy atom. The summed E-state index contributed by atoms with van der Waals surface area (Å²) in [6.07, 6.45) is 5.15. The van der Waals surface area contributed by atoms with Crippen molar-refractivity contribution in [3.05, 3.63) is 30.7 Å². The first-order chi connectivity index (χ1) is 7.62. The molecule has 0 aromatic carbocycles. The summed E-state index contributed by atoms with van der Waals surface area (Å²) >= 11 is 0. The fraction of sp³-hybridized carbons (Fsp3) is 0.167. The maximum atomic E-state index is 9.93. The molecule has 0 saturated heterocycles. The molecule has 1 aliphatic heterocycles. The van der Waals surface area contributed by atoms with Crippen molar-refractivity contribution in [1.82, 2.24) is 9.97 Å². The molecule has 0 radical (unpaired) electrons. The van der Waals surface area contributed by atoms with Crippen molar-refractivity contribution in [1.29, 1.82) is 0 Å². The molecule has 0 spiro atoms. The van der Waals surface area contributed by atoms with Crippen LogP contribution < -0.4 is 10.4 Å². The van der Waals surface area contributed by atoms with Crippen LogP contribution in [0.1, 0.15) is 0 Å². The van der Waals surface area contributed by atoms with Gasteiger partial charge < -0.3 is 5.11 Å². The molecule has 0 amide bonds. The summed E-state index contributed by atoms with van der Waals surface area (Å²) in [5.41, 5.74) is 1.83. The molecule has 0 fully saturated rings. The van der Waals surface area contributed by atoms with Crippen molar-refractivity contribution in [3.63, 3.8) is 0 Å². The molecule has 80 valence electrons. The van der Waals surface area contributed by atoms with Gasteiger partial charge in [0.15, 0.2) is 0 Å². The zero-order valence-corrected chi connectivity index (χ0v) is 10.2. The quantitative estimate of drug-likeness (QED) is 0.684. The van der Waals surface area contributed by atoms with Crippen LogP contribution >= 0.6 is 0 Å². The average Bonchev–Trinajstić information content (AvgIpc) is 2.51. The maximum absolute atomic E-state index is 9.93. The van der Waals surface area contributed by atoms with E-state index < -0.39 is 8.07 Å². The molecule has 3 nitrogen and oxygen atoms in total. The minimum Gasteiger partial charge on any atom is -0.506 e. The van der Waals surface area contributed by atoms with E-state index in [1.807, 2.05) is 12.3 Å². The van der Waals surface area contributed by atoms with Crippen LogP contribution in [0.5, 0.6) is 5.75 Å². The largest absolute Gasteiger partial charge is 0.506 e. The van der Waals surface area contributed by atoms with Crippen molar-refractivity contribution in [2.45, 2.75) is 13.1 Å². The minimum absolute atomic E-state index is 0.246. The van der Waals surface area contributed by atoms with Gasteiger partial charge in [0.05, 0.1) is 11.9 Å². The molecule has 0 atom stereocenters. The Morgan fingerprint density at radius 2 is 2.00 bits per heavy atom. The number of fused-ring (bicyclic) bond motifs is 3. The number of hydrogen-bond acceptors (Lipinski definition) is 3. The zero-order valence-electron chi connectivity index (χ0n) is 9.23. The second-order valence-corrected chi connectivity index (χ2v) is 8.93. The van der Waals surface area contributed by atoms with Gasteiger partial charge in [-0.05, 0) is 16.4 Å². The highest BCUT2D eigenvalue weighted by atomic mass is 28.3. The minimum atomic E-state index is -1.70. The summed E-state index contributed by atoms with van der Waals surface area (Å²) in [4.78, 5) is 8.50. The Labute approximate surface area is 94.8 Å². The number of nitrogens with zero attached hydrogens (tertiary/aromatic N) is 2. The fourth-order valence-electron chi connectivity index (χ4n) is 2.43. The highest BCUT2D eigenvalue weighted by molar-refractivity contribution is 7.03. The Kier molecular flexibility index (Phi) is 1.74. The lowest BCUT2D eigenvalue weighted by molar-refractivity contribution is 0.475. The topological polar surface area (TPSA) is 46.0 Å². The third-order valence-electron chi connectivity index (χ3n) is 3.32. The summed E-state index contributed by atoms with van der Waals surface area (Å²) < 4.78 is 0. The third kappa shape index (κ3) is 1.02. The van der Waals surface area contributed by atoms with Gasteiger partial charge in [-0.15, -0.1) is 0 Å². The maximum Gasteiger partial charge on any atom is 0.143 e. The van der Waals surface area contributed by atoms with Crippen LogP contribution in [0.3, 0.4) is 0 Å². The predicted octanol–water partition coefficient (Wildman–Crippen LogP) is 0.985. The van der Waals surface area contributed by atoms with Crippen LogP contribution in [0, 0.1) is 0 Å². The van der Waals surface area contributed by atoms with E-state index >= 15 is 0 Å². The molecular weight excluding hydrogens is 216 g/mol. The third-order valence-corrected chi connectivity index (χ3v) is 6.79. The second-order valence-electron chi connectivity index (χ2n) is 4.61. The smallest absolute Gasteiger partial charge is 0.143 e. The van der Waals surface area contributed by atoms with E-state index in [0.29, 0.717) is 0 Å². The van der Waals surface area contributed by atoms with Crippen molar-refractivity contribution >= 4 is 18.4 Å². The van der Waals surface area contributed by atoms with Gasteiger partial charge in [-0.3, -0.25) is 9.97 Å². The van der Waals surface area contributed by atoms with E-state index in [1.165, 1.54) is 16.6 Å². The summed E-state index contributed by atoms with van der Waals surface area (Å²) in [5, 5.41) is 12.4. The first-order valence-electron chi connectivity index (χ1n) is 5.25. The van der Waals surface area contributed by atoms with Gasteiger partial charge >= 0.3 is 0 Å². The van der Waals surface area contributed by atoms with Gasteiger partial charge in [0.1, 0.15) is 13.8 Å². The lowest BCUT2D eigenvalue weighted by atomic mass is 10.1. The van der Waals surface area contributed by atoms with Gasteiger partial charge in [-0.25, -0.2) is 0 Å². The number of aromatic nitrogens is 2. The molecule has 1 N–H and O–H groups in total. The molecule has 3 rings (SSSR count). The SMILES string of the molecule is C[Si]1(C)c2cccnc2-c2c(O)cncc21. The van der Waals surface area contributed by atoms with E-state index in [0.717, 1.165) is 11.3 Å². The Hall–Kier alpha value is -1.68. The molecule has 3 heterocycles. The van der Waals surface area contributed by atoms with E-state index in [-0.39, 0.29) is 5.75 Å². The zero-order chi connectivity index (χ0) is 11.3. The molecule has 0 unspecified atom stereocenters. The Morgan fingerprint density at radius 3 is 2.81 bits per heavy atom. The van der Waals surface area contributed by atoms with E-state index in [1.54, 1.807) is 6.20 Å². The molecule has 0 bridgehead atoms. The molecule has 0 saturated carbocycles. The van der Waals surface area contributed by atoms with Crippen molar-refractivity contribution < 1.29 is 5.11 Å². The van der Waals surface area contributed by atoms with Crippen molar-refractivity contribution in [2.24, 2.45) is 0 Å². The standard InChI is InChI=1S/C12H12N2OSi/c1-16(2)9-4-3-5-14-12(9)11-8(15)6-13-7-10(11)16/h3-7,15H,1-2H3. The first kappa shape index (κ1) is 9.54. The van der Waals surface area contributed by atoms with Gasteiger partial charge in [0, 0.05) is 18.0 Å². The molecular formula is C12H12N2OSi. The van der Waals surface area contributed by atoms with E-state index in [9.17, 15) is 5.11 Å². The van der Waals surface area contributed by atoms with Crippen LogP contribution in [0.2, 0.25) is 13.1 Å². The number of rotatable bonds is 0. The molecule has 2 aromatic rings. The lowest BCUT2D eigenvalue weighted by Gasteiger charge is -2.17. The van der Waals surface area contributed by atoms with Crippen LogP contribution in [0.4, 0.5) is 0 Å². The number of aromatic hydroxyl groups is 1. The summed E-state index contributed by atoms with van der Waals surface area (Å²) in [6, 6.07) is 4.08. The van der Waals surface area contributed by atoms with Crippen LogP contribution in [-0.2, 0) is 0 Å². The normalized spacial score (nSPS) is 15.6. The molecule has 1 aliphatic rings. The van der Waals surface area contributed by atoms with Crippen LogP contribution in [0.15, 0.2) is 30.7 Å². The number of pyridine rings is 2. The Bertz CT molecular complexity index is 581. The molecule has 16 heavy (non-hydrogen) atoms. The monoisotopic (exact) mass is 228 g/mol. The lowest BCUT2D eigenvalue weighted by Crippen LogP contribution is -2.49. The van der Waals surface area contributed by atoms with Crippen molar-refractivity contribution in [2.75, 3.05) is 0 Å². The van der Waals surface area contributed by atoms with Gasteiger partial charge in [-0.1, -0.05) is 19.2 Å². The predicted molar refractivity (Wildman–Crippen MR) is 65.9 cm³/mol. The Balaban J connectivity index is 2.45. The van der Waals surface area contributed by atoms with Gasteiger partial charge in [0.25, 0.3) is 0 Å². The number of hydrogen-bond donors (Lipinski definition) is 1. The van der Waals surface area contributed by atoms with Crippen LogP contribution in [0.25, 0.3) is 11.3 Å². The van der Waals surface area contributed by atoms with Gasteiger partial charge in [-0.2, -0.15) is 0 Å². The van der Waals surface area contributed by atoms with Crippen molar-refractivity contribution in [3.8, 4) is 17.0 Å². The summed E-state index contributed by atoms with van der Waals surface area (Å²) in [5.74, 6) is 0.246. The molecule has 0 aliphatic carbocycles. The molecule has 2 aromatic heterocycles. The van der Waals surface area contributed by atoms with Gasteiger partial charge in [0.2, 0.25) is 0 Å². The fourth-order valence-corrected chi connectivity index (χ4v) is 5.28. The van der Waals surface area contributed by atoms with Crippen LogP contribution in [-0.4, -0.2) is 23.1 Å². The summed E-state index contributed by atoms with van der Waals surface area (Å²) in [7, 11) is -1.70. The van der Waals surface area contributed by atoms with E-state index in [2.05, 4.69) is 29.1 Å². The first-order valence-corrected chi connectivity index (χ1v) is 8.25. The highest BCUT2D eigenvalue weighted by Crippen LogP contribution is 2.31. The summed E-state index contributed by atoms with van der Waals surface area (Å²) in [6.45, 7) is 4.53. The molecule has 4 heteroatoms. The second kappa shape index (κ2) is 2.92.